The lowest BCUT2D eigenvalue weighted by Gasteiger charge is -2.26. The highest BCUT2D eigenvalue weighted by Gasteiger charge is 2.21. The quantitative estimate of drug-likeness (QED) is 0.804. The van der Waals surface area contributed by atoms with Gasteiger partial charge in [-0.25, -0.2) is 4.79 Å². The fraction of sp³-hybridized carbons (Fsp3) is 0.846. The summed E-state index contributed by atoms with van der Waals surface area (Å²) >= 11 is 1.89. The third-order valence-electron chi connectivity index (χ3n) is 3.15. The topological polar surface area (TPSA) is 61.4 Å². The second-order valence-electron chi connectivity index (χ2n) is 4.78. The number of thioether (sulfide) groups is 1. The van der Waals surface area contributed by atoms with Gasteiger partial charge in [-0.3, -0.25) is 4.79 Å². The van der Waals surface area contributed by atoms with Crippen LogP contribution in [-0.2, 0) is 4.79 Å². The van der Waals surface area contributed by atoms with E-state index in [2.05, 4.69) is 17.6 Å². The van der Waals surface area contributed by atoms with Gasteiger partial charge in [0.05, 0.1) is 0 Å². The fourth-order valence-electron chi connectivity index (χ4n) is 1.93. The van der Waals surface area contributed by atoms with Crippen molar-refractivity contribution >= 4 is 23.7 Å². The minimum atomic E-state index is -0.0432. The Morgan fingerprint density at radius 1 is 1.26 bits per heavy atom. The van der Waals surface area contributed by atoms with Crippen LogP contribution in [0.1, 0.15) is 33.1 Å². The van der Waals surface area contributed by atoms with Crippen molar-refractivity contribution in [3.8, 4) is 0 Å². The Bertz CT molecular complexity index is 300. The summed E-state index contributed by atoms with van der Waals surface area (Å²) < 4.78 is 0. The molecule has 6 heteroatoms. The van der Waals surface area contributed by atoms with Crippen molar-refractivity contribution in [1.82, 2.24) is 15.5 Å². The second-order valence-corrected chi connectivity index (χ2v) is 6.00. The van der Waals surface area contributed by atoms with Crippen molar-refractivity contribution in [2.75, 3.05) is 31.1 Å². The van der Waals surface area contributed by atoms with Crippen LogP contribution in [0.25, 0.3) is 0 Å². The minimum Gasteiger partial charge on any atom is -0.356 e. The van der Waals surface area contributed by atoms with E-state index in [1.54, 1.807) is 0 Å². The Balaban J connectivity index is 2.24. The maximum atomic E-state index is 12.0. The zero-order valence-electron chi connectivity index (χ0n) is 11.9. The van der Waals surface area contributed by atoms with Crippen LogP contribution in [0.5, 0.6) is 0 Å². The van der Waals surface area contributed by atoms with E-state index in [0.29, 0.717) is 19.5 Å². The number of amides is 3. The molecule has 110 valence electrons. The molecule has 0 unspecified atom stereocenters. The summed E-state index contributed by atoms with van der Waals surface area (Å²) in [6.07, 6.45) is 2.32. The average molecular weight is 287 g/mol. The highest BCUT2D eigenvalue weighted by molar-refractivity contribution is 7.99. The number of hydrogen-bond acceptors (Lipinski definition) is 3. The summed E-state index contributed by atoms with van der Waals surface area (Å²) in [6, 6.07) is 0.238. The maximum absolute atomic E-state index is 12.0. The third kappa shape index (κ3) is 6.18. The van der Waals surface area contributed by atoms with E-state index in [9.17, 15) is 9.59 Å². The SMILES string of the molecule is CCCNC(=O)CCNC(=O)N1CCSCC[C@H]1C. The van der Waals surface area contributed by atoms with Gasteiger partial charge in [0, 0.05) is 37.8 Å². The molecule has 1 heterocycles. The summed E-state index contributed by atoms with van der Waals surface area (Å²) in [4.78, 5) is 25.3. The van der Waals surface area contributed by atoms with Gasteiger partial charge in [-0.1, -0.05) is 6.92 Å². The normalized spacial score (nSPS) is 19.7. The van der Waals surface area contributed by atoms with Gasteiger partial charge in [0.25, 0.3) is 0 Å². The molecular formula is C13H25N3O2S. The molecule has 5 nitrogen and oxygen atoms in total. The number of carbonyl (C=O) groups excluding carboxylic acids is 2. The molecule has 0 radical (unpaired) electrons. The van der Waals surface area contributed by atoms with Crippen LogP contribution in [0.2, 0.25) is 0 Å². The molecule has 3 amide bonds. The predicted octanol–water partition coefficient (Wildman–Crippen LogP) is 1.44. The number of urea groups is 1. The summed E-state index contributed by atoms with van der Waals surface area (Å²) in [5.74, 6) is 2.11. The largest absolute Gasteiger partial charge is 0.356 e. The molecule has 0 aromatic rings. The molecule has 1 saturated heterocycles. The van der Waals surface area contributed by atoms with Crippen molar-refractivity contribution in [3.63, 3.8) is 0 Å². The Hall–Kier alpha value is -0.910. The van der Waals surface area contributed by atoms with Gasteiger partial charge < -0.3 is 15.5 Å². The number of nitrogens with zero attached hydrogens (tertiary/aromatic N) is 1. The first-order valence-corrected chi connectivity index (χ1v) is 8.19. The molecule has 1 aliphatic rings. The first-order valence-electron chi connectivity index (χ1n) is 7.04. The highest BCUT2D eigenvalue weighted by Crippen LogP contribution is 2.15. The average Bonchev–Trinajstić information content (AvgIpc) is 2.61. The summed E-state index contributed by atoms with van der Waals surface area (Å²) in [5, 5.41) is 5.63. The van der Waals surface area contributed by atoms with Gasteiger partial charge in [0.15, 0.2) is 0 Å². The van der Waals surface area contributed by atoms with Crippen LogP contribution in [0, 0.1) is 0 Å². The van der Waals surface area contributed by atoms with Crippen molar-refractivity contribution in [3.05, 3.63) is 0 Å². The summed E-state index contributed by atoms with van der Waals surface area (Å²) in [7, 11) is 0. The molecule has 0 bridgehead atoms. The van der Waals surface area contributed by atoms with Crippen molar-refractivity contribution in [2.45, 2.75) is 39.2 Å². The molecule has 0 aromatic heterocycles. The summed E-state index contributed by atoms with van der Waals surface area (Å²) in [5.41, 5.74) is 0. The van der Waals surface area contributed by atoms with Gasteiger partial charge in [0.2, 0.25) is 5.91 Å². The first-order chi connectivity index (χ1) is 9.15. The lowest BCUT2D eigenvalue weighted by atomic mass is 10.2. The van der Waals surface area contributed by atoms with Crippen molar-refractivity contribution in [1.29, 1.82) is 0 Å². The van der Waals surface area contributed by atoms with Crippen LogP contribution in [0.4, 0.5) is 4.79 Å². The van der Waals surface area contributed by atoms with E-state index in [1.165, 1.54) is 0 Å². The van der Waals surface area contributed by atoms with Gasteiger partial charge in [-0.15, -0.1) is 0 Å². The zero-order valence-corrected chi connectivity index (χ0v) is 12.7. The second kappa shape index (κ2) is 9.07. The fourth-order valence-corrected chi connectivity index (χ4v) is 2.97. The molecule has 1 rings (SSSR count). The smallest absolute Gasteiger partial charge is 0.317 e. The van der Waals surface area contributed by atoms with Crippen LogP contribution < -0.4 is 10.6 Å². The van der Waals surface area contributed by atoms with Gasteiger partial charge in [-0.2, -0.15) is 11.8 Å². The molecule has 0 aliphatic carbocycles. The monoisotopic (exact) mass is 287 g/mol. The van der Waals surface area contributed by atoms with E-state index in [1.807, 2.05) is 23.6 Å². The summed E-state index contributed by atoms with van der Waals surface area (Å²) in [6.45, 7) is 6.00. The number of nitrogens with one attached hydrogen (secondary N) is 2. The Morgan fingerprint density at radius 2 is 2.05 bits per heavy atom. The van der Waals surface area contributed by atoms with Gasteiger partial charge in [-0.05, 0) is 25.5 Å². The Labute approximate surface area is 119 Å². The van der Waals surface area contributed by atoms with Crippen LogP contribution in [-0.4, -0.2) is 54.0 Å². The van der Waals surface area contributed by atoms with E-state index in [-0.39, 0.29) is 18.0 Å². The molecule has 0 aromatic carbocycles. The van der Waals surface area contributed by atoms with Crippen molar-refractivity contribution in [2.24, 2.45) is 0 Å². The molecule has 0 saturated carbocycles. The zero-order chi connectivity index (χ0) is 14.1. The highest BCUT2D eigenvalue weighted by atomic mass is 32.2. The first kappa shape index (κ1) is 16.1. The molecule has 1 fully saturated rings. The van der Waals surface area contributed by atoms with E-state index in [4.69, 9.17) is 0 Å². The molecule has 1 atom stereocenters. The molecule has 1 aliphatic heterocycles. The maximum Gasteiger partial charge on any atom is 0.317 e. The van der Waals surface area contributed by atoms with Crippen molar-refractivity contribution < 1.29 is 9.59 Å². The van der Waals surface area contributed by atoms with E-state index in [0.717, 1.165) is 30.9 Å². The Morgan fingerprint density at radius 3 is 2.79 bits per heavy atom. The van der Waals surface area contributed by atoms with Crippen LogP contribution >= 0.6 is 11.8 Å². The molecule has 2 N–H and O–H groups in total. The molecule has 0 spiro atoms. The van der Waals surface area contributed by atoms with Crippen LogP contribution in [0.15, 0.2) is 0 Å². The van der Waals surface area contributed by atoms with Gasteiger partial charge in [0.1, 0.15) is 0 Å². The van der Waals surface area contributed by atoms with Gasteiger partial charge >= 0.3 is 6.03 Å². The number of hydrogen-bond donors (Lipinski definition) is 2. The minimum absolute atomic E-state index is 0.00150. The lowest BCUT2D eigenvalue weighted by molar-refractivity contribution is -0.120. The lowest BCUT2D eigenvalue weighted by Crippen LogP contribution is -2.46. The molecule has 19 heavy (non-hydrogen) atoms. The Kier molecular flexibility index (Phi) is 7.70. The predicted molar refractivity (Wildman–Crippen MR) is 79.4 cm³/mol. The standard InChI is InChI=1S/C13H25N3O2S/c1-3-6-14-12(17)4-7-15-13(18)16-8-10-19-9-5-11(16)2/h11H,3-10H2,1-2H3,(H,14,17)(H,15,18)/t11-/m1/s1. The van der Waals surface area contributed by atoms with E-state index >= 15 is 0 Å². The number of rotatable bonds is 5. The van der Waals surface area contributed by atoms with Crippen LogP contribution in [0.3, 0.4) is 0 Å². The number of carbonyl (C=O) groups is 2. The third-order valence-corrected chi connectivity index (χ3v) is 4.15. The molecular weight excluding hydrogens is 262 g/mol. The van der Waals surface area contributed by atoms with E-state index < -0.39 is 0 Å².